The van der Waals surface area contributed by atoms with Crippen LogP contribution in [0.25, 0.3) is 0 Å². The molecule has 138 valence electrons. The summed E-state index contributed by atoms with van der Waals surface area (Å²) < 4.78 is 11.3. The van der Waals surface area contributed by atoms with E-state index in [9.17, 15) is 4.79 Å². The number of carbonyl (C=O) groups is 1. The first-order chi connectivity index (χ1) is 12.7. The SMILES string of the molecule is Cc1ccccc1OCC[C@@H]1CN(C(=O)OCc2ccccc2)CCN1. The van der Waals surface area contributed by atoms with E-state index in [4.69, 9.17) is 9.47 Å². The van der Waals surface area contributed by atoms with Gasteiger partial charge in [-0.25, -0.2) is 4.79 Å². The van der Waals surface area contributed by atoms with Gasteiger partial charge in [0.2, 0.25) is 0 Å². The number of piperazine rings is 1. The van der Waals surface area contributed by atoms with Crippen molar-refractivity contribution in [3.05, 3.63) is 65.7 Å². The Morgan fingerprint density at radius 1 is 1.15 bits per heavy atom. The van der Waals surface area contributed by atoms with Crippen molar-refractivity contribution in [2.24, 2.45) is 0 Å². The predicted molar refractivity (Wildman–Crippen MR) is 101 cm³/mol. The Morgan fingerprint density at radius 3 is 2.73 bits per heavy atom. The number of amides is 1. The van der Waals surface area contributed by atoms with E-state index < -0.39 is 0 Å². The van der Waals surface area contributed by atoms with Crippen LogP contribution >= 0.6 is 0 Å². The second-order valence-electron chi connectivity index (χ2n) is 6.54. The lowest BCUT2D eigenvalue weighted by Crippen LogP contribution is -2.53. The van der Waals surface area contributed by atoms with Crippen molar-refractivity contribution in [3.8, 4) is 5.75 Å². The van der Waals surface area contributed by atoms with Gasteiger partial charge in [-0.2, -0.15) is 0 Å². The third-order valence-electron chi connectivity index (χ3n) is 4.54. The van der Waals surface area contributed by atoms with Crippen molar-refractivity contribution in [2.75, 3.05) is 26.2 Å². The first-order valence-corrected chi connectivity index (χ1v) is 9.10. The number of hydrogen-bond donors (Lipinski definition) is 1. The molecule has 5 nitrogen and oxygen atoms in total. The van der Waals surface area contributed by atoms with E-state index in [2.05, 4.69) is 5.32 Å². The van der Waals surface area contributed by atoms with Gasteiger partial charge in [-0.05, 0) is 30.5 Å². The molecule has 0 aliphatic carbocycles. The summed E-state index contributed by atoms with van der Waals surface area (Å²) in [7, 11) is 0. The van der Waals surface area contributed by atoms with E-state index in [1.165, 1.54) is 0 Å². The fraction of sp³-hybridized carbons (Fsp3) is 0.381. The van der Waals surface area contributed by atoms with Crippen LogP contribution in [0.4, 0.5) is 4.79 Å². The van der Waals surface area contributed by atoms with Crippen molar-refractivity contribution in [3.63, 3.8) is 0 Å². The molecule has 2 aromatic rings. The van der Waals surface area contributed by atoms with Crippen LogP contribution in [0, 0.1) is 6.92 Å². The lowest BCUT2D eigenvalue weighted by molar-refractivity contribution is 0.0827. The summed E-state index contributed by atoms with van der Waals surface area (Å²) >= 11 is 0. The first-order valence-electron chi connectivity index (χ1n) is 9.10. The zero-order chi connectivity index (χ0) is 18.2. The average molecular weight is 354 g/mol. The maximum absolute atomic E-state index is 12.3. The molecule has 26 heavy (non-hydrogen) atoms. The van der Waals surface area contributed by atoms with E-state index in [0.29, 0.717) is 26.3 Å². The van der Waals surface area contributed by atoms with Crippen LogP contribution in [0.5, 0.6) is 5.75 Å². The summed E-state index contributed by atoms with van der Waals surface area (Å²) in [6.45, 7) is 5.06. The van der Waals surface area contributed by atoms with E-state index in [0.717, 1.165) is 29.8 Å². The maximum Gasteiger partial charge on any atom is 0.410 e. The fourth-order valence-electron chi connectivity index (χ4n) is 3.02. The zero-order valence-electron chi connectivity index (χ0n) is 15.2. The predicted octanol–water partition coefficient (Wildman–Crippen LogP) is 3.37. The van der Waals surface area contributed by atoms with Gasteiger partial charge in [-0.1, -0.05) is 48.5 Å². The lowest BCUT2D eigenvalue weighted by atomic mass is 10.1. The molecule has 1 aliphatic rings. The molecule has 0 bridgehead atoms. The molecule has 1 N–H and O–H groups in total. The van der Waals surface area contributed by atoms with Crippen LogP contribution in [0.3, 0.4) is 0 Å². The van der Waals surface area contributed by atoms with Crippen molar-refractivity contribution < 1.29 is 14.3 Å². The average Bonchev–Trinajstić information content (AvgIpc) is 2.69. The van der Waals surface area contributed by atoms with Crippen LogP contribution in [-0.2, 0) is 11.3 Å². The number of rotatable bonds is 6. The van der Waals surface area contributed by atoms with E-state index in [-0.39, 0.29) is 12.1 Å². The number of para-hydroxylation sites is 1. The zero-order valence-corrected chi connectivity index (χ0v) is 15.2. The van der Waals surface area contributed by atoms with E-state index in [1.54, 1.807) is 4.90 Å². The van der Waals surface area contributed by atoms with Gasteiger partial charge in [-0.15, -0.1) is 0 Å². The van der Waals surface area contributed by atoms with Crippen LogP contribution in [0.2, 0.25) is 0 Å². The van der Waals surface area contributed by atoms with Gasteiger partial charge in [0.25, 0.3) is 0 Å². The number of hydrogen-bond acceptors (Lipinski definition) is 4. The molecule has 1 fully saturated rings. The van der Waals surface area contributed by atoms with Gasteiger partial charge in [0.1, 0.15) is 12.4 Å². The van der Waals surface area contributed by atoms with Crippen molar-refractivity contribution in [1.82, 2.24) is 10.2 Å². The maximum atomic E-state index is 12.3. The van der Waals surface area contributed by atoms with Crippen molar-refractivity contribution in [2.45, 2.75) is 26.0 Å². The first kappa shape index (κ1) is 18.3. The van der Waals surface area contributed by atoms with Gasteiger partial charge in [0.05, 0.1) is 6.61 Å². The molecule has 1 saturated heterocycles. The highest BCUT2D eigenvalue weighted by atomic mass is 16.6. The van der Waals surface area contributed by atoms with Crippen molar-refractivity contribution in [1.29, 1.82) is 0 Å². The van der Waals surface area contributed by atoms with Crippen LogP contribution in [-0.4, -0.2) is 43.3 Å². The number of nitrogens with one attached hydrogen (secondary N) is 1. The molecule has 0 aromatic heterocycles. The molecule has 1 aliphatic heterocycles. The molecule has 0 spiro atoms. The molecular formula is C21H26N2O3. The topological polar surface area (TPSA) is 50.8 Å². The Kier molecular flexibility index (Phi) is 6.50. The Balaban J connectivity index is 1.42. The van der Waals surface area contributed by atoms with Crippen LogP contribution < -0.4 is 10.1 Å². The number of aryl methyl sites for hydroxylation is 1. The summed E-state index contributed by atoms with van der Waals surface area (Å²) in [6.07, 6.45) is 0.594. The third-order valence-corrected chi connectivity index (χ3v) is 4.54. The Hall–Kier alpha value is -2.53. The summed E-state index contributed by atoms with van der Waals surface area (Å²) in [5.74, 6) is 0.919. The quantitative estimate of drug-likeness (QED) is 0.864. The summed E-state index contributed by atoms with van der Waals surface area (Å²) in [5.41, 5.74) is 2.13. The van der Waals surface area contributed by atoms with Gasteiger partial charge in [0.15, 0.2) is 0 Å². The molecule has 1 heterocycles. The largest absolute Gasteiger partial charge is 0.493 e. The van der Waals surface area contributed by atoms with E-state index in [1.807, 2.05) is 61.5 Å². The Morgan fingerprint density at radius 2 is 1.92 bits per heavy atom. The minimum absolute atomic E-state index is 0.219. The van der Waals surface area contributed by atoms with Gasteiger partial charge in [0, 0.05) is 25.7 Å². The highest BCUT2D eigenvalue weighted by Crippen LogP contribution is 2.17. The van der Waals surface area contributed by atoms with Gasteiger partial charge >= 0.3 is 6.09 Å². The number of ether oxygens (including phenoxy) is 2. The van der Waals surface area contributed by atoms with Crippen LogP contribution in [0.1, 0.15) is 17.5 Å². The van der Waals surface area contributed by atoms with Gasteiger partial charge in [-0.3, -0.25) is 0 Å². The minimum atomic E-state index is -0.250. The summed E-state index contributed by atoms with van der Waals surface area (Å²) in [4.78, 5) is 14.1. The highest BCUT2D eigenvalue weighted by Gasteiger charge is 2.24. The molecule has 5 heteroatoms. The lowest BCUT2D eigenvalue weighted by Gasteiger charge is -2.33. The Bertz CT molecular complexity index is 705. The molecular weight excluding hydrogens is 328 g/mol. The molecule has 0 saturated carbocycles. The standard InChI is InChI=1S/C21H26N2O3/c1-17-7-5-6-10-20(17)25-14-11-19-15-23(13-12-22-19)21(24)26-16-18-8-3-2-4-9-18/h2-10,19,22H,11-16H2,1H3/t19-/m1/s1. The van der Waals surface area contributed by atoms with E-state index >= 15 is 0 Å². The number of benzene rings is 2. The normalized spacial score (nSPS) is 17.0. The van der Waals surface area contributed by atoms with Gasteiger partial charge < -0.3 is 19.7 Å². The number of carbonyl (C=O) groups excluding carboxylic acids is 1. The molecule has 0 unspecified atom stereocenters. The smallest absolute Gasteiger partial charge is 0.410 e. The monoisotopic (exact) mass is 354 g/mol. The van der Waals surface area contributed by atoms with Crippen LogP contribution in [0.15, 0.2) is 54.6 Å². The minimum Gasteiger partial charge on any atom is -0.493 e. The molecule has 3 rings (SSSR count). The molecule has 2 aromatic carbocycles. The fourth-order valence-corrected chi connectivity index (χ4v) is 3.02. The highest BCUT2D eigenvalue weighted by molar-refractivity contribution is 5.67. The third kappa shape index (κ3) is 5.23. The number of nitrogens with zero attached hydrogens (tertiary/aromatic N) is 1. The summed E-state index contributed by atoms with van der Waals surface area (Å²) in [5, 5.41) is 3.45. The Labute approximate surface area is 154 Å². The second kappa shape index (κ2) is 9.25. The molecule has 1 amide bonds. The summed E-state index contributed by atoms with van der Waals surface area (Å²) in [6, 6.07) is 18.0. The second-order valence-corrected chi connectivity index (χ2v) is 6.54. The molecule has 1 atom stereocenters. The molecule has 0 radical (unpaired) electrons. The van der Waals surface area contributed by atoms with Crippen molar-refractivity contribution >= 4 is 6.09 Å².